The lowest BCUT2D eigenvalue weighted by Crippen LogP contribution is -2.38. The maximum Gasteiger partial charge on any atom is 0.258 e. The molecule has 2 aliphatic heterocycles. The highest BCUT2D eigenvalue weighted by molar-refractivity contribution is 6.01. The van der Waals surface area contributed by atoms with Crippen LogP contribution in [-0.4, -0.2) is 76.6 Å². The highest BCUT2D eigenvalue weighted by Crippen LogP contribution is 2.32. The van der Waals surface area contributed by atoms with Gasteiger partial charge < -0.3 is 24.2 Å². The molecule has 35 heavy (non-hydrogen) atoms. The molecule has 186 valence electrons. The summed E-state index contributed by atoms with van der Waals surface area (Å²) < 4.78 is 17.0. The highest BCUT2D eigenvalue weighted by Gasteiger charge is 2.27. The summed E-state index contributed by atoms with van der Waals surface area (Å²) in [5.41, 5.74) is 3.81. The Morgan fingerprint density at radius 3 is 2.77 bits per heavy atom. The molecule has 1 saturated heterocycles. The molecule has 2 aliphatic rings. The third-order valence-electron chi connectivity index (χ3n) is 6.51. The average Bonchev–Trinajstić information content (AvgIpc) is 3.45. The summed E-state index contributed by atoms with van der Waals surface area (Å²) in [6, 6.07) is 9.26. The minimum Gasteiger partial charge on any atom is -0.507 e. The Hall–Kier alpha value is -3.14. The number of fused-ring (bicyclic) bond motifs is 2. The number of aromatic amines is 1. The molecule has 1 fully saturated rings. The van der Waals surface area contributed by atoms with Gasteiger partial charge >= 0.3 is 0 Å². The first-order valence-electron chi connectivity index (χ1n) is 12.1. The van der Waals surface area contributed by atoms with Crippen molar-refractivity contribution in [1.82, 2.24) is 20.0 Å². The molecular formula is C26H32N4O5. The molecule has 3 heterocycles. The second kappa shape index (κ2) is 10.2. The monoisotopic (exact) mass is 480 g/mol. The SMILES string of the molecule is CC(C)OCc1n[nH]c2cc(O)c(C(=O)N3Cc4ccc(OCCN5CCOCC5)cc4C3)cc12. The summed E-state index contributed by atoms with van der Waals surface area (Å²) in [4.78, 5) is 17.4. The van der Waals surface area contributed by atoms with Gasteiger partial charge in [-0.05, 0) is 43.2 Å². The van der Waals surface area contributed by atoms with Crippen molar-refractivity contribution in [3.63, 3.8) is 0 Å². The van der Waals surface area contributed by atoms with Crippen molar-refractivity contribution in [2.24, 2.45) is 0 Å². The van der Waals surface area contributed by atoms with Gasteiger partial charge in [0.1, 0.15) is 18.1 Å². The molecular weight excluding hydrogens is 448 g/mol. The van der Waals surface area contributed by atoms with E-state index in [2.05, 4.69) is 15.1 Å². The molecule has 0 unspecified atom stereocenters. The third-order valence-corrected chi connectivity index (χ3v) is 6.51. The number of carbonyl (C=O) groups is 1. The number of nitrogens with zero attached hydrogens (tertiary/aromatic N) is 3. The van der Waals surface area contributed by atoms with Crippen molar-refractivity contribution >= 4 is 16.8 Å². The molecule has 0 spiro atoms. The zero-order chi connectivity index (χ0) is 24.4. The summed E-state index contributed by atoms with van der Waals surface area (Å²) in [6.45, 7) is 10.1. The number of aromatic hydroxyl groups is 1. The van der Waals surface area contributed by atoms with Crippen LogP contribution in [0.3, 0.4) is 0 Å². The van der Waals surface area contributed by atoms with E-state index in [1.54, 1.807) is 17.0 Å². The average molecular weight is 481 g/mol. The number of phenols is 1. The molecule has 5 rings (SSSR count). The van der Waals surface area contributed by atoms with Gasteiger partial charge in [-0.1, -0.05) is 6.07 Å². The van der Waals surface area contributed by atoms with E-state index >= 15 is 0 Å². The van der Waals surface area contributed by atoms with Crippen molar-refractivity contribution in [2.75, 3.05) is 39.5 Å². The van der Waals surface area contributed by atoms with Crippen molar-refractivity contribution in [2.45, 2.75) is 39.6 Å². The fourth-order valence-corrected chi connectivity index (χ4v) is 4.53. The van der Waals surface area contributed by atoms with E-state index in [9.17, 15) is 9.90 Å². The van der Waals surface area contributed by atoms with Gasteiger partial charge in [0.15, 0.2) is 0 Å². The zero-order valence-corrected chi connectivity index (χ0v) is 20.2. The number of H-pyrrole nitrogens is 1. The number of carbonyl (C=O) groups excluding carboxylic acids is 1. The molecule has 3 aromatic rings. The second-order valence-corrected chi connectivity index (χ2v) is 9.34. The Balaban J connectivity index is 1.25. The fourth-order valence-electron chi connectivity index (χ4n) is 4.53. The molecule has 0 saturated carbocycles. The van der Waals surface area contributed by atoms with Crippen LogP contribution in [-0.2, 0) is 29.2 Å². The van der Waals surface area contributed by atoms with E-state index in [0.29, 0.717) is 37.5 Å². The lowest BCUT2D eigenvalue weighted by Gasteiger charge is -2.26. The molecule has 0 atom stereocenters. The number of benzene rings is 2. The van der Waals surface area contributed by atoms with Gasteiger partial charge in [-0.3, -0.25) is 14.8 Å². The largest absolute Gasteiger partial charge is 0.507 e. The second-order valence-electron chi connectivity index (χ2n) is 9.34. The van der Waals surface area contributed by atoms with Crippen LogP contribution in [0.1, 0.15) is 41.0 Å². The van der Waals surface area contributed by atoms with Crippen molar-refractivity contribution in [3.8, 4) is 11.5 Å². The van der Waals surface area contributed by atoms with Crippen molar-refractivity contribution in [3.05, 3.63) is 52.7 Å². The molecule has 2 N–H and O–H groups in total. The molecule has 0 bridgehead atoms. The van der Waals surface area contributed by atoms with Gasteiger partial charge in [-0.25, -0.2) is 0 Å². The summed E-state index contributed by atoms with van der Waals surface area (Å²) in [5, 5.41) is 18.6. The topological polar surface area (TPSA) is 100 Å². The third kappa shape index (κ3) is 5.27. The number of ether oxygens (including phenoxy) is 3. The van der Waals surface area contributed by atoms with E-state index in [0.717, 1.165) is 55.1 Å². The molecule has 1 aromatic heterocycles. The first-order chi connectivity index (χ1) is 17.0. The quantitative estimate of drug-likeness (QED) is 0.511. The van der Waals surface area contributed by atoms with Gasteiger partial charge in [0.25, 0.3) is 5.91 Å². The normalized spacial score (nSPS) is 16.3. The Morgan fingerprint density at radius 2 is 1.97 bits per heavy atom. The molecule has 0 radical (unpaired) electrons. The van der Waals surface area contributed by atoms with Crippen LogP contribution in [0.2, 0.25) is 0 Å². The first kappa shape index (κ1) is 23.6. The van der Waals surface area contributed by atoms with Crippen molar-refractivity contribution in [1.29, 1.82) is 0 Å². The van der Waals surface area contributed by atoms with Crippen LogP contribution in [0.25, 0.3) is 10.9 Å². The number of phenolic OH excluding ortho intramolecular Hbond substituents is 1. The van der Waals surface area contributed by atoms with Gasteiger partial charge in [-0.15, -0.1) is 0 Å². The van der Waals surface area contributed by atoms with Crippen LogP contribution >= 0.6 is 0 Å². The Bertz CT molecular complexity index is 1200. The van der Waals surface area contributed by atoms with Crippen LogP contribution < -0.4 is 4.74 Å². The molecule has 1 amide bonds. The fraction of sp³-hybridized carbons (Fsp3) is 0.462. The molecule has 9 heteroatoms. The predicted molar refractivity (Wildman–Crippen MR) is 130 cm³/mol. The molecule has 0 aliphatic carbocycles. The number of hydrogen-bond donors (Lipinski definition) is 2. The van der Waals surface area contributed by atoms with Gasteiger partial charge in [-0.2, -0.15) is 5.10 Å². The van der Waals surface area contributed by atoms with Crippen LogP contribution in [0.4, 0.5) is 0 Å². The van der Waals surface area contributed by atoms with Crippen LogP contribution in [0.5, 0.6) is 11.5 Å². The van der Waals surface area contributed by atoms with E-state index < -0.39 is 0 Å². The lowest BCUT2D eigenvalue weighted by molar-refractivity contribution is 0.0322. The molecule has 2 aromatic carbocycles. The first-order valence-corrected chi connectivity index (χ1v) is 12.1. The van der Waals surface area contributed by atoms with Crippen LogP contribution in [0.15, 0.2) is 30.3 Å². The number of amides is 1. The number of hydrogen-bond acceptors (Lipinski definition) is 7. The van der Waals surface area contributed by atoms with Gasteiger partial charge in [0.05, 0.1) is 42.7 Å². The molecule has 9 nitrogen and oxygen atoms in total. The summed E-state index contributed by atoms with van der Waals surface area (Å²) in [7, 11) is 0. The highest BCUT2D eigenvalue weighted by atomic mass is 16.5. The van der Waals surface area contributed by atoms with Gasteiger partial charge in [0, 0.05) is 44.2 Å². The van der Waals surface area contributed by atoms with Crippen LogP contribution in [0, 0.1) is 0 Å². The van der Waals surface area contributed by atoms with Gasteiger partial charge in [0.2, 0.25) is 0 Å². The predicted octanol–water partition coefficient (Wildman–Crippen LogP) is 3.06. The van der Waals surface area contributed by atoms with E-state index in [1.807, 2.05) is 32.0 Å². The van der Waals surface area contributed by atoms with E-state index in [4.69, 9.17) is 14.2 Å². The maximum absolute atomic E-state index is 13.4. The summed E-state index contributed by atoms with van der Waals surface area (Å²) in [5.74, 6) is 0.529. The number of morpholine rings is 1. The summed E-state index contributed by atoms with van der Waals surface area (Å²) >= 11 is 0. The minimum absolute atomic E-state index is 0.0643. The zero-order valence-electron chi connectivity index (χ0n) is 20.2. The number of nitrogens with one attached hydrogen (secondary N) is 1. The van der Waals surface area contributed by atoms with E-state index in [-0.39, 0.29) is 23.3 Å². The number of rotatable bonds is 8. The lowest BCUT2D eigenvalue weighted by atomic mass is 10.1. The Labute approximate surface area is 204 Å². The Kier molecular flexibility index (Phi) is 6.90. The maximum atomic E-state index is 13.4. The number of aromatic nitrogens is 2. The minimum atomic E-state index is -0.215. The summed E-state index contributed by atoms with van der Waals surface area (Å²) in [6.07, 6.45) is 0.0660. The Morgan fingerprint density at radius 1 is 1.17 bits per heavy atom. The smallest absolute Gasteiger partial charge is 0.258 e. The standard InChI is InChI=1S/C26H32N4O5/c1-17(2)35-16-24-21-12-22(25(31)13-23(21)27-28-24)26(32)30-14-18-3-4-20(11-19(18)15-30)34-10-7-29-5-8-33-9-6-29/h3-4,11-13,17,31H,5-10,14-16H2,1-2H3,(H,27,28). The van der Waals surface area contributed by atoms with E-state index in [1.165, 1.54) is 0 Å². The van der Waals surface area contributed by atoms with Crippen molar-refractivity contribution < 1.29 is 24.1 Å².